The first-order chi connectivity index (χ1) is 18.7. The lowest BCUT2D eigenvalue weighted by Gasteiger charge is -2.31. The number of hydrogen-bond acceptors (Lipinski definition) is 6. The summed E-state index contributed by atoms with van der Waals surface area (Å²) in [5.41, 5.74) is 8.76. The van der Waals surface area contributed by atoms with Crippen molar-refractivity contribution in [3.63, 3.8) is 0 Å². The van der Waals surface area contributed by atoms with Crippen LogP contribution < -0.4 is 9.80 Å². The van der Waals surface area contributed by atoms with E-state index in [0.29, 0.717) is 0 Å². The molecule has 2 aliphatic rings. The standard InChI is InChI=1S/C32H43N5O/c1-5-35(6-2)30-15-9-26(10-16-30)23-28-13-14-29(32(28)37-19-21-38-22-20-37)25-34-33-24-27-11-17-31(18-12-27)36(7-3)8-4/h9-12,15-18,23-25H,5-8,13-14,19-22H2,1-4H3/b28-23+,33-24-,34-25-. The maximum absolute atomic E-state index is 5.64. The number of ether oxygens (including phenoxy) is 1. The molecule has 0 bridgehead atoms. The normalized spacial score (nSPS) is 17.4. The van der Waals surface area contributed by atoms with Crippen LogP contribution in [0.1, 0.15) is 51.7 Å². The molecule has 1 fully saturated rings. The second-order valence-electron chi connectivity index (χ2n) is 9.66. The number of anilines is 2. The van der Waals surface area contributed by atoms with Gasteiger partial charge in [-0.3, -0.25) is 0 Å². The van der Waals surface area contributed by atoms with E-state index < -0.39 is 0 Å². The van der Waals surface area contributed by atoms with Gasteiger partial charge in [-0.25, -0.2) is 0 Å². The van der Waals surface area contributed by atoms with Crippen molar-refractivity contribution in [2.75, 3.05) is 62.3 Å². The molecule has 1 aliphatic heterocycles. The van der Waals surface area contributed by atoms with E-state index in [2.05, 4.69) is 107 Å². The summed E-state index contributed by atoms with van der Waals surface area (Å²) in [6.07, 6.45) is 8.13. The van der Waals surface area contributed by atoms with E-state index in [1.165, 1.54) is 33.8 Å². The molecule has 1 aliphatic carbocycles. The number of nitrogens with zero attached hydrogens (tertiary/aromatic N) is 5. The zero-order valence-corrected chi connectivity index (χ0v) is 23.6. The smallest absolute Gasteiger partial charge is 0.0642 e. The van der Waals surface area contributed by atoms with Gasteiger partial charge in [-0.1, -0.05) is 24.3 Å². The van der Waals surface area contributed by atoms with Gasteiger partial charge in [0.1, 0.15) is 0 Å². The highest BCUT2D eigenvalue weighted by Crippen LogP contribution is 2.35. The minimum atomic E-state index is 0.765. The Bertz CT molecular complexity index is 1130. The van der Waals surface area contributed by atoms with Crippen molar-refractivity contribution in [2.45, 2.75) is 40.5 Å². The summed E-state index contributed by atoms with van der Waals surface area (Å²) < 4.78 is 5.64. The van der Waals surface area contributed by atoms with E-state index >= 15 is 0 Å². The minimum Gasteiger partial charge on any atom is -0.378 e. The van der Waals surface area contributed by atoms with Crippen molar-refractivity contribution in [3.05, 3.63) is 76.5 Å². The fourth-order valence-corrected chi connectivity index (χ4v) is 5.31. The van der Waals surface area contributed by atoms with Crippen LogP contribution in [0.5, 0.6) is 0 Å². The summed E-state index contributed by atoms with van der Waals surface area (Å²) in [4.78, 5) is 7.17. The Kier molecular flexibility index (Phi) is 10.2. The van der Waals surface area contributed by atoms with Crippen molar-refractivity contribution < 1.29 is 4.74 Å². The highest BCUT2D eigenvalue weighted by molar-refractivity contribution is 5.85. The van der Waals surface area contributed by atoms with E-state index in [-0.39, 0.29) is 0 Å². The van der Waals surface area contributed by atoms with Gasteiger partial charge in [0.15, 0.2) is 0 Å². The first-order valence-electron chi connectivity index (χ1n) is 14.2. The predicted molar refractivity (Wildman–Crippen MR) is 163 cm³/mol. The minimum absolute atomic E-state index is 0.765. The summed E-state index contributed by atoms with van der Waals surface area (Å²) in [6, 6.07) is 17.5. The summed E-state index contributed by atoms with van der Waals surface area (Å²) in [7, 11) is 0. The quantitative estimate of drug-likeness (QED) is 0.263. The molecule has 0 spiro atoms. The van der Waals surface area contributed by atoms with Crippen LogP contribution in [0.15, 0.2) is 75.6 Å². The van der Waals surface area contributed by atoms with Crippen LogP contribution in [-0.2, 0) is 4.74 Å². The van der Waals surface area contributed by atoms with E-state index in [9.17, 15) is 0 Å². The third-order valence-corrected chi connectivity index (χ3v) is 7.47. The van der Waals surface area contributed by atoms with Gasteiger partial charge in [-0.15, -0.1) is 0 Å². The van der Waals surface area contributed by atoms with Gasteiger partial charge in [-0.05, 0) is 93.2 Å². The molecule has 0 unspecified atom stereocenters. The fourth-order valence-electron chi connectivity index (χ4n) is 5.31. The molecule has 6 nitrogen and oxygen atoms in total. The molecular weight excluding hydrogens is 470 g/mol. The van der Waals surface area contributed by atoms with Crippen LogP contribution in [-0.4, -0.2) is 69.8 Å². The molecule has 1 saturated heterocycles. The average molecular weight is 514 g/mol. The maximum Gasteiger partial charge on any atom is 0.0642 e. The Morgan fingerprint density at radius 3 is 1.79 bits per heavy atom. The molecule has 0 amide bonds. The van der Waals surface area contributed by atoms with Crippen LogP contribution >= 0.6 is 0 Å². The fraction of sp³-hybridized carbons (Fsp3) is 0.438. The molecule has 0 radical (unpaired) electrons. The third kappa shape index (κ3) is 6.93. The van der Waals surface area contributed by atoms with Crippen LogP contribution in [0.2, 0.25) is 0 Å². The van der Waals surface area contributed by atoms with E-state index in [0.717, 1.165) is 70.9 Å². The maximum atomic E-state index is 5.64. The van der Waals surface area contributed by atoms with Gasteiger partial charge in [0.05, 0.1) is 25.6 Å². The van der Waals surface area contributed by atoms with E-state index in [4.69, 9.17) is 4.74 Å². The van der Waals surface area contributed by atoms with Gasteiger partial charge < -0.3 is 19.4 Å². The molecule has 6 heteroatoms. The highest BCUT2D eigenvalue weighted by atomic mass is 16.5. The topological polar surface area (TPSA) is 43.7 Å². The Hall–Kier alpha value is -3.38. The molecule has 38 heavy (non-hydrogen) atoms. The monoisotopic (exact) mass is 513 g/mol. The van der Waals surface area contributed by atoms with Gasteiger partial charge in [0.2, 0.25) is 0 Å². The number of morpholine rings is 1. The van der Waals surface area contributed by atoms with Crippen molar-refractivity contribution >= 4 is 29.9 Å². The SMILES string of the molecule is CCN(CC)c1ccc(/C=N\N=C/C2=C(N3CCOCC3)C(=C/c3ccc(N(CC)CC)cc3)/CC2)cc1. The molecule has 2 aromatic rings. The van der Waals surface area contributed by atoms with Crippen LogP contribution in [0.25, 0.3) is 6.08 Å². The predicted octanol–water partition coefficient (Wildman–Crippen LogP) is 6.25. The van der Waals surface area contributed by atoms with Crippen molar-refractivity contribution in [1.29, 1.82) is 0 Å². The van der Waals surface area contributed by atoms with Crippen molar-refractivity contribution in [3.8, 4) is 0 Å². The first kappa shape index (κ1) is 27.6. The Labute approximate surface area is 229 Å². The summed E-state index contributed by atoms with van der Waals surface area (Å²) in [6.45, 7) is 16.2. The van der Waals surface area contributed by atoms with Gasteiger partial charge in [-0.2, -0.15) is 10.2 Å². The second-order valence-corrected chi connectivity index (χ2v) is 9.66. The summed E-state index contributed by atoms with van der Waals surface area (Å²) in [5, 5.41) is 8.84. The molecule has 4 rings (SSSR count). The lowest BCUT2D eigenvalue weighted by molar-refractivity contribution is 0.0548. The summed E-state index contributed by atoms with van der Waals surface area (Å²) >= 11 is 0. The number of benzene rings is 2. The Balaban J connectivity index is 1.52. The average Bonchev–Trinajstić information content (AvgIpc) is 3.36. The summed E-state index contributed by atoms with van der Waals surface area (Å²) in [5.74, 6) is 0. The Morgan fingerprint density at radius 2 is 1.24 bits per heavy atom. The lowest BCUT2D eigenvalue weighted by Crippen LogP contribution is -2.36. The van der Waals surface area contributed by atoms with Crippen LogP contribution in [0.3, 0.4) is 0 Å². The molecule has 0 saturated carbocycles. The van der Waals surface area contributed by atoms with Gasteiger partial charge >= 0.3 is 0 Å². The largest absolute Gasteiger partial charge is 0.378 e. The zero-order chi connectivity index (χ0) is 26.7. The van der Waals surface area contributed by atoms with Gasteiger partial charge in [0, 0.05) is 56.3 Å². The molecule has 0 aromatic heterocycles. The molecule has 202 valence electrons. The Morgan fingerprint density at radius 1 is 0.711 bits per heavy atom. The number of allylic oxidation sites excluding steroid dienone is 2. The first-order valence-corrected chi connectivity index (χ1v) is 14.2. The van der Waals surface area contributed by atoms with Crippen molar-refractivity contribution in [1.82, 2.24) is 4.90 Å². The third-order valence-electron chi connectivity index (χ3n) is 7.47. The molecular formula is C32H43N5O. The lowest BCUT2D eigenvalue weighted by atomic mass is 10.1. The zero-order valence-electron chi connectivity index (χ0n) is 23.6. The molecule has 0 N–H and O–H groups in total. The molecule has 1 heterocycles. The van der Waals surface area contributed by atoms with Crippen LogP contribution in [0.4, 0.5) is 11.4 Å². The molecule has 2 aromatic carbocycles. The van der Waals surface area contributed by atoms with Gasteiger partial charge in [0.25, 0.3) is 0 Å². The van der Waals surface area contributed by atoms with Crippen LogP contribution in [0, 0.1) is 0 Å². The second kappa shape index (κ2) is 14.0. The van der Waals surface area contributed by atoms with E-state index in [1.54, 1.807) is 0 Å². The number of rotatable bonds is 11. The van der Waals surface area contributed by atoms with Crippen molar-refractivity contribution in [2.24, 2.45) is 10.2 Å². The highest BCUT2D eigenvalue weighted by Gasteiger charge is 2.25. The number of hydrogen-bond donors (Lipinski definition) is 0. The molecule has 0 atom stereocenters. The van der Waals surface area contributed by atoms with E-state index in [1.807, 2.05) is 12.4 Å².